The Morgan fingerprint density at radius 1 is 1.40 bits per heavy atom. The number of carboxylic acid groups (broad SMARTS) is 1. The van der Waals surface area contributed by atoms with Crippen LogP contribution in [0.5, 0.6) is 0 Å². The van der Waals surface area contributed by atoms with E-state index in [2.05, 4.69) is 36.2 Å². The molecule has 6 nitrogen and oxygen atoms in total. The number of carboxylic acids is 1. The van der Waals surface area contributed by atoms with E-state index in [0.29, 0.717) is 17.5 Å². The average molecular weight is 274 g/mol. The van der Waals surface area contributed by atoms with Crippen molar-refractivity contribution in [2.24, 2.45) is 0 Å². The molecule has 2 aromatic heterocycles. The van der Waals surface area contributed by atoms with Crippen LogP contribution in [0.2, 0.25) is 0 Å². The minimum atomic E-state index is -1.02. The van der Waals surface area contributed by atoms with Crippen LogP contribution in [0.25, 0.3) is 5.65 Å². The fourth-order valence-electron chi connectivity index (χ4n) is 1.99. The number of carbonyl (C=O) groups is 1. The number of aromatic nitrogens is 3. The molecule has 3 rings (SSSR count). The maximum atomic E-state index is 11.2. The van der Waals surface area contributed by atoms with Gasteiger partial charge in [-0.05, 0) is 12.8 Å². The second kappa shape index (κ2) is 4.19. The zero-order chi connectivity index (χ0) is 14.5. The number of hydrogen-bond acceptors (Lipinski definition) is 4. The van der Waals surface area contributed by atoms with Crippen molar-refractivity contribution in [3.05, 3.63) is 23.5 Å². The summed E-state index contributed by atoms with van der Waals surface area (Å²) in [6.07, 6.45) is 2.22. The van der Waals surface area contributed by atoms with Crippen LogP contribution >= 0.6 is 0 Å². The summed E-state index contributed by atoms with van der Waals surface area (Å²) in [6.45, 7) is 6.21. The van der Waals surface area contributed by atoms with E-state index in [1.165, 1.54) is 0 Å². The highest BCUT2D eigenvalue weighted by Gasteiger charge is 2.25. The van der Waals surface area contributed by atoms with Gasteiger partial charge in [0.05, 0.1) is 5.69 Å². The molecule has 106 valence electrons. The Kier molecular flexibility index (Phi) is 2.70. The number of nitrogens with one attached hydrogen (secondary N) is 1. The fraction of sp³-hybridized carbons (Fsp3) is 0.500. The normalized spacial score (nSPS) is 15.6. The van der Waals surface area contributed by atoms with Crippen molar-refractivity contribution in [2.45, 2.75) is 45.1 Å². The van der Waals surface area contributed by atoms with Gasteiger partial charge in [-0.3, -0.25) is 0 Å². The van der Waals surface area contributed by atoms with Crippen LogP contribution in [0.15, 0.2) is 12.1 Å². The highest BCUT2D eigenvalue weighted by molar-refractivity contribution is 5.87. The van der Waals surface area contributed by atoms with E-state index in [4.69, 9.17) is 5.11 Å². The van der Waals surface area contributed by atoms with Crippen molar-refractivity contribution in [3.8, 4) is 0 Å². The molecule has 2 N–H and O–H groups in total. The summed E-state index contributed by atoms with van der Waals surface area (Å²) in [5.74, 6) is -0.324. The summed E-state index contributed by atoms with van der Waals surface area (Å²) < 4.78 is 1.70. The van der Waals surface area contributed by atoms with Crippen LogP contribution < -0.4 is 5.32 Å². The van der Waals surface area contributed by atoms with Gasteiger partial charge in [0.2, 0.25) is 0 Å². The molecule has 1 fully saturated rings. The van der Waals surface area contributed by atoms with Gasteiger partial charge >= 0.3 is 5.97 Å². The van der Waals surface area contributed by atoms with E-state index in [-0.39, 0.29) is 11.1 Å². The van der Waals surface area contributed by atoms with Crippen LogP contribution in [0, 0.1) is 0 Å². The molecule has 0 radical (unpaired) electrons. The lowest BCUT2D eigenvalue weighted by molar-refractivity contribution is 0.0690. The molecule has 1 aliphatic rings. The van der Waals surface area contributed by atoms with E-state index in [0.717, 1.165) is 18.5 Å². The Labute approximate surface area is 116 Å². The SMILES string of the molecule is CC(C)(C)c1cc2nc(C(=O)O)cc(NC3CC3)n2n1. The first-order valence-corrected chi connectivity index (χ1v) is 6.76. The summed E-state index contributed by atoms with van der Waals surface area (Å²) in [7, 11) is 0. The maximum absolute atomic E-state index is 11.2. The van der Waals surface area contributed by atoms with Crippen LogP contribution in [-0.4, -0.2) is 31.7 Å². The number of nitrogens with zero attached hydrogens (tertiary/aromatic N) is 3. The van der Waals surface area contributed by atoms with E-state index >= 15 is 0 Å². The third-order valence-electron chi connectivity index (χ3n) is 3.34. The van der Waals surface area contributed by atoms with Crippen molar-refractivity contribution < 1.29 is 9.90 Å². The van der Waals surface area contributed by atoms with Gasteiger partial charge in [-0.1, -0.05) is 20.8 Å². The zero-order valence-corrected chi connectivity index (χ0v) is 11.8. The molecule has 6 heteroatoms. The van der Waals surface area contributed by atoms with Crippen molar-refractivity contribution in [1.82, 2.24) is 14.6 Å². The molecule has 20 heavy (non-hydrogen) atoms. The van der Waals surface area contributed by atoms with Crippen molar-refractivity contribution >= 4 is 17.4 Å². The van der Waals surface area contributed by atoms with E-state index in [1.807, 2.05) is 6.07 Å². The quantitative estimate of drug-likeness (QED) is 0.897. The van der Waals surface area contributed by atoms with Crippen molar-refractivity contribution in [2.75, 3.05) is 5.32 Å². The largest absolute Gasteiger partial charge is 0.477 e. The number of fused-ring (bicyclic) bond motifs is 1. The summed E-state index contributed by atoms with van der Waals surface area (Å²) >= 11 is 0. The van der Waals surface area contributed by atoms with Gasteiger partial charge in [-0.2, -0.15) is 9.61 Å². The number of hydrogen-bond donors (Lipinski definition) is 2. The van der Waals surface area contributed by atoms with Gasteiger partial charge in [-0.25, -0.2) is 9.78 Å². The Balaban J connectivity index is 2.16. The minimum Gasteiger partial charge on any atom is -0.477 e. The average Bonchev–Trinajstić information content (AvgIpc) is 3.03. The van der Waals surface area contributed by atoms with E-state index in [9.17, 15) is 4.79 Å². The standard InChI is InChI=1S/C14H18N4O2/c1-14(2,3)10-7-12-16-9(13(19)20)6-11(18(12)17-10)15-8-4-5-8/h6-8,15H,4-5H2,1-3H3,(H,19,20). The highest BCUT2D eigenvalue weighted by atomic mass is 16.4. The molecule has 2 heterocycles. The van der Waals surface area contributed by atoms with Crippen LogP contribution in [0.3, 0.4) is 0 Å². The lowest BCUT2D eigenvalue weighted by Crippen LogP contribution is -2.13. The molecular weight excluding hydrogens is 256 g/mol. The molecule has 0 saturated heterocycles. The molecule has 0 atom stereocenters. The van der Waals surface area contributed by atoms with Crippen molar-refractivity contribution in [3.63, 3.8) is 0 Å². The van der Waals surface area contributed by atoms with Crippen LogP contribution in [0.4, 0.5) is 5.82 Å². The predicted molar refractivity (Wildman–Crippen MR) is 75.3 cm³/mol. The van der Waals surface area contributed by atoms with E-state index in [1.54, 1.807) is 10.6 Å². The summed E-state index contributed by atoms with van der Waals surface area (Å²) in [5, 5.41) is 17.0. The minimum absolute atomic E-state index is 0.0426. The fourth-order valence-corrected chi connectivity index (χ4v) is 1.99. The molecular formula is C14H18N4O2. The Bertz CT molecular complexity index is 680. The van der Waals surface area contributed by atoms with Crippen LogP contribution in [0.1, 0.15) is 49.8 Å². The Morgan fingerprint density at radius 2 is 2.10 bits per heavy atom. The molecule has 0 unspecified atom stereocenters. The molecule has 0 spiro atoms. The Morgan fingerprint density at radius 3 is 2.65 bits per heavy atom. The second-order valence-electron chi connectivity index (χ2n) is 6.30. The first kappa shape index (κ1) is 12.9. The predicted octanol–water partition coefficient (Wildman–Crippen LogP) is 2.30. The summed E-state index contributed by atoms with van der Waals surface area (Å²) in [4.78, 5) is 15.3. The third kappa shape index (κ3) is 2.33. The smallest absolute Gasteiger partial charge is 0.354 e. The summed E-state index contributed by atoms with van der Waals surface area (Å²) in [5.41, 5.74) is 1.40. The number of aromatic carboxylic acids is 1. The van der Waals surface area contributed by atoms with Crippen LogP contribution in [-0.2, 0) is 5.41 Å². The van der Waals surface area contributed by atoms with Gasteiger partial charge in [0.1, 0.15) is 5.82 Å². The number of anilines is 1. The molecule has 0 aromatic carbocycles. The molecule has 0 amide bonds. The van der Waals surface area contributed by atoms with Crippen molar-refractivity contribution in [1.29, 1.82) is 0 Å². The maximum Gasteiger partial charge on any atom is 0.354 e. The number of rotatable bonds is 3. The van der Waals surface area contributed by atoms with Gasteiger partial charge in [-0.15, -0.1) is 0 Å². The lowest BCUT2D eigenvalue weighted by atomic mass is 9.93. The molecule has 1 saturated carbocycles. The topological polar surface area (TPSA) is 79.5 Å². The molecule has 2 aromatic rings. The molecule has 1 aliphatic carbocycles. The van der Waals surface area contributed by atoms with Gasteiger partial charge in [0.15, 0.2) is 11.3 Å². The first-order valence-electron chi connectivity index (χ1n) is 6.76. The second-order valence-corrected chi connectivity index (χ2v) is 6.30. The first-order chi connectivity index (χ1) is 9.34. The molecule has 0 aliphatic heterocycles. The molecule has 0 bridgehead atoms. The Hall–Kier alpha value is -2.11. The van der Waals surface area contributed by atoms with Gasteiger partial charge in [0.25, 0.3) is 0 Å². The van der Waals surface area contributed by atoms with Gasteiger partial charge in [0, 0.05) is 23.6 Å². The highest BCUT2D eigenvalue weighted by Crippen LogP contribution is 2.27. The zero-order valence-electron chi connectivity index (χ0n) is 11.8. The lowest BCUT2D eigenvalue weighted by Gasteiger charge is -2.13. The monoisotopic (exact) mass is 274 g/mol. The van der Waals surface area contributed by atoms with Gasteiger partial charge < -0.3 is 10.4 Å². The van der Waals surface area contributed by atoms with E-state index < -0.39 is 5.97 Å². The summed E-state index contributed by atoms with van der Waals surface area (Å²) in [6, 6.07) is 3.82. The third-order valence-corrected chi connectivity index (χ3v) is 3.34.